The molecule has 1 rings (SSSR count). The van der Waals surface area contributed by atoms with Gasteiger partial charge in [-0.15, -0.1) is 0 Å². The maximum Gasteiger partial charge on any atom is 0.538 e. The molecule has 0 fully saturated rings. The Bertz CT molecular complexity index is 408. The molecule has 0 atom stereocenters. The molecule has 0 aliphatic carbocycles. The zero-order valence-corrected chi connectivity index (χ0v) is 18.3. The molecule has 0 saturated heterocycles. The number of rotatable bonds is 10. The summed E-state index contributed by atoms with van der Waals surface area (Å²) < 4.78 is 21.0. The molecule has 0 amide bonds. The first kappa shape index (κ1) is 19.8. The van der Waals surface area contributed by atoms with E-state index in [1.807, 2.05) is 0 Å². The Labute approximate surface area is 156 Å². The molecular weight excluding hydrogens is 510 g/mol. The van der Waals surface area contributed by atoms with Gasteiger partial charge in [0.15, 0.2) is 0 Å². The monoisotopic (exact) mass is 534 g/mol. The van der Waals surface area contributed by atoms with Crippen molar-refractivity contribution in [1.29, 1.82) is 0 Å². The average molecular weight is 534 g/mol. The van der Waals surface area contributed by atoms with Crippen molar-refractivity contribution in [3.8, 4) is 0 Å². The Hall–Kier alpha value is 0.777. The Balaban J connectivity index is 3.19. The maximum atomic E-state index is 6.19. The number of halogens is 2. The third-order valence-electron chi connectivity index (χ3n) is 2.77. The minimum absolute atomic E-state index is 0.668. The van der Waals surface area contributed by atoms with Gasteiger partial charge >= 0.3 is 8.80 Å². The van der Waals surface area contributed by atoms with Crippen LogP contribution >= 0.6 is 45.2 Å². The summed E-state index contributed by atoms with van der Waals surface area (Å²) >= 11 is 4.72. The Morgan fingerprint density at radius 2 is 1.33 bits per heavy atom. The lowest BCUT2D eigenvalue weighted by Gasteiger charge is -2.30. The fraction of sp³-hybridized carbons (Fsp3) is 0.600. The van der Waals surface area contributed by atoms with Gasteiger partial charge in [-0.05, 0) is 70.5 Å². The van der Waals surface area contributed by atoms with Crippen molar-refractivity contribution >= 4 is 59.2 Å². The van der Waals surface area contributed by atoms with Crippen molar-refractivity contribution < 1.29 is 13.3 Å². The van der Waals surface area contributed by atoms with E-state index >= 15 is 0 Å². The first-order valence-electron chi connectivity index (χ1n) is 7.47. The van der Waals surface area contributed by atoms with Crippen LogP contribution in [0.4, 0.5) is 0 Å². The second-order valence-corrected chi connectivity index (χ2v) is 9.46. The number of hydrogen-bond donors (Lipinski definition) is 0. The molecule has 0 N–H and O–H groups in total. The van der Waals surface area contributed by atoms with Gasteiger partial charge in [-0.3, -0.25) is 0 Å². The van der Waals surface area contributed by atoms with Crippen LogP contribution in [-0.2, 0) is 13.3 Å². The minimum atomic E-state index is -2.82. The molecular formula is C15H24I2O3Si. The van der Waals surface area contributed by atoms with Gasteiger partial charge in [0.05, 0.1) is 0 Å². The molecule has 120 valence electrons. The van der Waals surface area contributed by atoms with E-state index < -0.39 is 8.80 Å². The Morgan fingerprint density at radius 3 is 1.76 bits per heavy atom. The van der Waals surface area contributed by atoms with Gasteiger partial charge < -0.3 is 13.3 Å². The fourth-order valence-electron chi connectivity index (χ4n) is 1.81. The van der Waals surface area contributed by atoms with Crippen LogP contribution in [0.2, 0.25) is 0 Å². The van der Waals surface area contributed by atoms with Crippen LogP contribution < -0.4 is 5.19 Å². The normalized spacial score (nSPS) is 11.9. The van der Waals surface area contributed by atoms with E-state index in [1.54, 1.807) is 0 Å². The smallest absolute Gasteiger partial charge is 0.370 e. The van der Waals surface area contributed by atoms with E-state index in [4.69, 9.17) is 13.3 Å². The summed E-state index contributed by atoms with van der Waals surface area (Å²) in [6, 6.07) is 6.25. The van der Waals surface area contributed by atoms with E-state index in [9.17, 15) is 0 Å². The zero-order chi connectivity index (χ0) is 15.7. The first-order valence-corrected chi connectivity index (χ1v) is 11.4. The topological polar surface area (TPSA) is 27.7 Å². The SMILES string of the molecule is CCCO[Si](OCCC)(OCCC)c1cccc(I)c1I. The molecule has 0 saturated carbocycles. The molecule has 6 heteroatoms. The summed E-state index contributed by atoms with van der Waals surface area (Å²) in [5.74, 6) is 0. The standard InChI is InChI=1S/C15H24I2O3Si/c1-4-10-18-21(19-11-5-2,20-12-6-3)14-9-7-8-13(16)15(14)17/h7-9H,4-6,10-12H2,1-3H3. The van der Waals surface area contributed by atoms with Crippen LogP contribution in [0.5, 0.6) is 0 Å². The molecule has 0 heterocycles. The molecule has 0 aliphatic rings. The third kappa shape index (κ3) is 5.72. The predicted molar refractivity (Wildman–Crippen MR) is 106 cm³/mol. The van der Waals surface area contributed by atoms with Gasteiger partial charge in [-0.25, -0.2) is 0 Å². The Kier molecular flexibility index (Phi) is 9.94. The van der Waals surface area contributed by atoms with Crippen LogP contribution in [0.25, 0.3) is 0 Å². The number of hydrogen-bond acceptors (Lipinski definition) is 3. The van der Waals surface area contributed by atoms with Crippen molar-refractivity contribution in [2.45, 2.75) is 40.0 Å². The fourth-order valence-corrected chi connectivity index (χ4v) is 6.75. The highest BCUT2D eigenvalue weighted by molar-refractivity contribution is 14.1. The lowest BCUT2D eigenvalue weighted by Crippen LogP contribution is -2.58. The summed E-state index contributed by atoms with van der Waals surface area (Å²) in [6.07, 6.45) is 2.88. The van der Waals surface area contributed by atoms with E-state index in [1.165, 1.54) is 7.14 Å². The summed E-state index contributed by atoms with van der Waals surface area (Å²) in [4.78, 5) is 0. The quantitative estimate of drug-likeness (QED) is 0.331. The second-order valence-electron chi connectivity index (χ2n) is 4.70. The molecule has 1 aromatic rings. The van der Waals surface area contributed by atoms with Gasteiger partial charge in [0.25, 0.3) is 0 Å². The van der Waals surface area contributed by atoms with E-state index in [2.05, 4.69) is 84.2 Å². The minimum Gasteiger partial charge on any atom is -0.370 e. The van der Waals surface area contributed by atoms with Crippen molar-refractivity contribution in [2.75, 3.05) is 19.8 Å². The lowest BCUT2D eigenvalue weighted by atomic mass is 10.4. The molecule has 1 aromatic carbocycles. The second kappa shape index (κ2) is 10.5. The largest absolute Gasteiger partial charge is 0.538 e. The molecule has 0 spiro atoms. The highest BCUT2D eigenvalue weighted by atomic mass is 127. The first-order chi connectivity index (χ1) is 10.1. The van der Waals surface area contributed by atoms with Crippen molar-refractivity contribution in [3.05, 3.63) is 25.3 Å². The van der Waals surface area contributed by atoms with Gasteiger partial charge in [-0.1, -0.05) is 32.9 Å². The molecule has 3 nitrogen and oxygen atoms in total. The van der Waals surface area contributed by atoms with E-state index in [0.717, 1.165) is 24.4 Å². The van der Waals surface area contributed by atoms with Crippen molar-refractivity contribution in [3.63, 3.8) is 0 Å². The zero-order valence-electron chi connectivity index (χ0n) is 13.0. The molecule has 0 bridgehead atoms. The van der Waals surface area contributed by atoms with Crippen LogP contribution in [-0.4, -0.2) is 28.6 Å². The van der Waals surface area contributed by atoms with Gasteiger partial charge in [0.2, 0.25) is 0 Å². The Morgan fingerprint density at radius 1 is 0.857 bits per heavy atom. The van der Waals surface area contributed by atoms with Crippen LogP contribution in [0.15, 0.2) is 18.2 Å². The summed E-state index contributed by atoms with van der Waals surface area (Å²) in [5.41, 5.74) is 0. The summed E-state index contributed by atoms with van der Waals surface area (Å²) in [7, 11) is -2.82. The molecule has 0 radical (unpaired) electrons. The van der Waals surface area contributed by atoms with Gasteiger partial charge in [-0.2, -0.15) is 0 Å². The van der Waals surface area contributed by atoms with Crippen molar-refractivity contribution in [1.82, 2.24) is 0 Å². The number of benzene rings is 1. The average Bonchev–Trinajstić information content (AvgIpc) is 2.50. The third-order valence-corrected chi connectivity index (χ3v) is 9.20. The van der Waals surface area contributed by atoms with Crippen molar-refractivity contribution in [2.24, 2.45) is 0 Å². The van der Waals surface area contributed by atoms with Crippen LogP contribution in [0.3, 0.4) is 0 Å². The summed E-state index contributed by atoms with van der Waals surface area (Å²) in [6.45, 7) is 8.33. The predicted octanol–water partition coefficient (Wildman–Crippen LogP) is 4.32. The highest BCUT2D eigenvalue weighted by Crippen LogP contribution is 2.20. The molecule has 0 aliphatic heterocycles. The van der Waals surface area contributed by atoms with E-state index in [0.29, 0.717) is 19.8 Å². The van der Waals surface area contributed by atoms with Crippen LogP contribution in [0.1, 0.15) is 40.0 Å². The molecule has 21 heavy (non-hydrogen) atoms. The highest BCUT2D eigenvalue weighted by Gasteiger charge is 2.45. The summed E-state index contributed by atoms with van der Waals surface area (Å²) in [5, 5.41) is 1.10. The molecule has 0 unspecified atom stereocenters. The van der Waals surface area contributed by atoms with Crippen LogP contribution in [0, 0.1) is 7.14 Å². The maximum absolute atomic E-state index is 6.19. The van der Waals surface area contributed by atoms with E-state index in [-0.39, 0.29) is 0 Å². The lowest BCUT2D eigenvalue weighted by molar-refractivity contribution is 0.0730. The van der Waals surface area contributed by atoms with Gasteiger partial charge in [0.1, 0.15) is 0 Å². The van der Waals surface area contributed by atoms with Gasteiger partial charge in [0, 0.05) is 32.1 Å². The molecule has 0 aromatic heterocycles.